The Kier molecular flexibility index (Phi) is 7.25. The summed E-state index contributed by atoms with van der Waals surface area (Å²) in [5.41, 5.74) is 0. The van der Waals surface area contributed by atoms with E-state index in [1.165, 1.54) is 0 Å². The van der Waals surface area contributed by atoms with Crippen LogP contribution in [0.5, 0.6) is 0 Å². The molecule has 0 radical (unpaired) electrons. The molecule has 114 valence electrons. The van der Waals surface area contributed by atoms with Gasteiger partial charge in [0.15, 0.2) is 0 Å². The Balaban J connectivity index is 2.57. The monoisotopic (exact) mass is 284 g/mol. The summed E-state index contributed by atoms with van der Waals surface area (Å²) in [5, 5.41) is 20.5. The van der Waals surface area contributed by atoms with E-state index in [0.717, 1.165) is 12.8 Å². The van der Waals surface area contributed by atoms with Crippen molar-refractivity contribution >= 4 is 11.8 Å². The molecule has 0 aromatic rings. The molecule has 1 aliphatic heterocycles. The molecule has 6 heteroatoms. The van der Waals surface area contributed by atoms with Crippen molar-refractivity contribution in [2.24, 2.45) is 5.92 Å². The van der Waals surface area contributed by atoms with Crippen molar-refractivity contribution in [3.05, 3.63) is 12.7 Å². The topological polar surface area (TPSA) is 89.9 Å². The lowest BCUT2D eigenvalue weighted by Crippen LogP contribution is -2.41. The summed E-state index contributed by atoms with van der Waals surface area (Å²) in [5.74, 6) is -0.814. The Morgan fingerprint density at radius 3 is 2.80 bits per heavy atom. The van der Waals surface area contributed by atoms with Gasteiger partial charge in [-0.05, 0) is 19.3 Å². The van der Waals surface area contributed by atoms with Crippen LogP contribution in [0.3, 0.4) is 0 Å². The second-order valence-electron chi connectivity index (χ2n) is 5.01. The average molecular weight is 284 g/mol. The highest BCUT2D eigenvalue weighted by molar-refractivity contribution is 5.86. The second-order valence-corrected chi connectivity index (χ2v) is 5.01. The fourth-order valence-electron chi connectivity index (χ4n) is 2.49. The smallest absolute Gasteiger partial charge is 0.224 e. The minimum Gasteiger partial charge on any atom is -0.395 e. The largest absolute Gasteiger partial charge is 0.395 e. The Morgan fingerprint density at radius 1 is 1.45 bits per heavy atom. The van der Waals surface area contributed by atoms with Crippen molar-refractivity contribution in [1.82, 2.24) is 10.2 Å². The van der Waals surface area contributed by atoms with Crippen LogP contribution in [0.2, 0.25) is 0 Å². The van der Waals surface area contributed by atoms with E-state index >= 15 is 0 Å². The van der Waals surface area contributed by atoms with Crippen molar-refractivity contribution < 1.29 is 19.8 Å². The van der Waals surface area contributed by atoms with Crippen molar-refractivity contribution in [2.75, 3.05) is 26.3 Å². The molecule has 0 aromatic heterocycles. The molecule has 0 aliphatic carbocycles. The molecule has 1 rings (SSSR count). The van der Waals surface area contributed by atoms with Gasteiger partial charge >= 0.3 is 0 Å². The third-order valence-electron chi connectivity index (χ3n) is 3.56. The van der Waals surface area contributed by atoms with Gasteiger partial charge in [-0.15, -0.1) is 6.58 Å². The van der Waals surface area contributed by atoms with E-state index in [-0.39, 0.29) is 44.0 Å². The molecule has 1 fully saturated rings. The van der Waals surface area contributed by atoms with Crippen LogP contribution in [-0.2, 0) is 9.59 Å². The van der Waals surface area contributed by atoms with E-state index in [1.54, 1.807) is 11.0 Å². The number of amides is 2. The first-order valence-electron chi connectivity index (χ1n) is 7.03. The lowest BCUT2D eigenvalue weighted by atomic mass is 9.99. The fourth-order valence-corrected chi connectivity index (χ4v) is 2.49. The van der Waals surface area contributed by atoms with Crippen LogP contribution in [0.1, 0.15) is 25.7 Å². The van der Waals surface area contributed by atoms with Crippen LogP contribution in [-0.4, -0.2) is 59.3 Å². The molecular formula is C14H24N2O4. The van der Waals surface area contributed by atoms with Crippen LogP contribution in [0, 0.1) is 5.92 Å². The number of likely N-dealkylation sites (tertiary alicyclic amines) is 1. The summed E-state index contributed by atoms with van der Waals surface area (Å²) >= 11 is 0. The van der Waals surface area contributed by atoms with Gasteiger partial charge in [0.1, 0.15) is 0 Å². The predicted octanol–water partition coefficient (Wildman–Crippen LogP) is -0.339. The van der Waals surface area contributed by atoms with Gasteiger partial charge in [0, 0.05) is 19.5 Å². The number of aliphatic hydroxyl groups excluding tert-OH is 2. The quantitative estimate of drug-likeness (QED) is 0.532. The van der Waals surface area contributed by atoms with Crippen molar-refractivity contribution in [3.63, 3.8) is 0 Å². The predicted molar refractivity (Wildman–Crippen MR) is 74.8 cm³/mol. The SMILES string of the molecule is C=CC[C@H](CC(=O)N1CCC[C@H]1CO)C(=O)NCCO. The summed E-state index contributed by atoms with van der Waals surface area (Å²) < 4.78 is 0. The Labute approximate surface area is 119 Å². The maximum atomic E-state index is 12.2. The second kappa shape index (κ2) is 8.71. The standard InChI is InChI=1S/C14H24N2O4/c1-2-4-11(14(20)15-6-8-17)9-13(19)16-7-3-5-12(16)10-18/h2,11-12,17-18H,1,3-10H2,(H,15,20)/t11-,12+/m1/s1. The highest BCUT2D eigenvalue weighted by atomic mass is 16.3. The molecule has 0 spiro atoms. The Bertz CT molecular complexity index is 346. The Hall–Kier alpha value is -1.40. The number of hydrogen-bond acceptors (Lipinski definition) is 4. The normalized spacial score (nSPS) is 19.7. The van der Waals surface area contributed by atoms with Crippen molar-refractivity contribution in [2.45, 2.75) is 31.7 Å². The van der Waals surface area contributed by atoms with Gasteiger partial charge in [0.2, 0.25) is 11.8 Å². The molecule has 3 N–H and O–H groups in total. The van der Waals surface area contributed by atoms with Crippen LogP contribution in [0.4, 0.5) is 0 Å². The molecule has 20 heavy (non-hydrogen) atoms. The summed E-state index contributed by atoms with van der Waals surface area (Å²) in [6.07, 6.45) is 3.84. The van der Waals surface area contributed by atoms with Crippen LogP contribution in [0.15, 0.2) is 12.7 Å². The minimum atomic E-state index is -0.466. The van der Waals surface area contributed by atoms with Gasteiger partial charge in [-0.25, -0.2) is 0 Å². The number of nitrogens with one attached hydrogen (secondary N) is 1. The molecular weight excluding hydrogens is 260 g/mol. The number of rotatable bonds is 8. The van der Waals surface area contributed by atoms with Crippen LogP contribution >= 0.6 is 0 Å². The van der Waals surface area contributed by atoms with Crippen molar-refractivity contribution in [3.8, 4) is 0 Å². The molecule has 0 bridgehead atoms. The summed E-state index contributed by atoms with van der Waals surface area (Å²) in [7, 11) is 0. The Morgan fingerprint density at radius 2 is 2.20 bits per heavy atom. The number of carbonyl (C=O) groups excluding carboxylic acids is 2. The number of carbonyl (C=O) groups is 2. The molecule has 0 aromatic carbocycles. The van der Waals surface area contributed by atoms with Gasteiger partial charge in [-0.3, -0.25) is 9.59 Å². The molecule has 0 saturated carbocycles. The van der Waals surface area contributed by atoms with Crippen LogP contribution in [0.25, 0.3) is 0 Å². The molecule has 0 unspecified atom stereocenters. The first-order chi connectivity index (χ1) is 9.63. The lowest BCUT2D eigenvalue weighted by molar-refractivity contribution is -0.137. The minimum absolute atomic E-state index is 0.0332. The third-order valence-corrected chi connectivity index (χ3v) is 3.56. The molecule has 1 heterocycles. The maximum absolute atomic E-state index is 12.2. The molecule has 1 saturated heterocycles. The number of nitrogens with zero attached hydrogens (tertiary/aromatic N) is 1. The summed E-state index contributed by atoms with van der Waals surface area (Å²) in [6.45, 7) is 4.27. The average Bonchev–Trinajstić information content (AvgIpc) is 2.92. The van der Waals surface area contributed by atoms with E-state index in [2.05, 4.69) is 11.9 Å². The molecule has 6 nitrogen and oxygen atoms in total. The zero-order valence-electron chi connectivity index (χ0n) is 11.8. The molecule has 2 amide bonds. The van der Waals surface area contributed by atoms with E-state index < -0.39 is 5.92 Å². The van der Waals surface area contributed by atoms with E-state index in [4.69, 9.17) is 5.11 Å². The van der Waals surface area contributed by atoms with Gasteiger partial charge in [-0.2, -0.15) is 0 Å². The number of allylic oxidation sites excluding steroid dienone is 1. The van der Waals surface area contributed by atoms with E-state index in [9.17, 15) is 14.7 Å². The summed E-state index contributed by atoms with van der Waals surface area (Å²) in [6, 6.07) is -0.118. The number of aliphatic hydroxyl groups is 2. The zero-order chi connectivity index (χ0) is 15.0. The highest BCUT2D eigenvalue weighted by Crippen LogP contribution is 2.20. The maximum Gasteiger partial charge on any atom is 0.224 e. The van der Waals surface area contributed by atoms with Gasteiger partial charge < -0.3 is 20.4 Å². The lowest BCUT2D eigenvalue weighted by Gasteiger charge is -2.25. The number of hydrogen-bond donors (Lipinski definition) is 3. The van der Waals surface area contributed by atoms with E-state index in [0.29, 0.717) is 13.0 Å². The first kappa shape index (κ1) is 16.7. The van der Waals surface area contributed by atoms with E-state index in [1.807, 2.05) is 0 Å². The van der Waals surface area contributed by atoms with Crippen LogP contribution < -0.4 is 5.32 Å². The van der Waals surface area contributed by atoms with Gasteiger partial charge in [-0.1, -0.05) is 6.08 Å². The van der Waals surface area contributed by atoms with Gasteiger partial charge in [0.25, 0.3) is 0 Å². The highest BCUT2D eigenvalue weighted by Gasteiger charge is 2.30. The summed E-state index contributed by atoms with van der Waals surface area (Å²) in [4.78, 5) is 25.8. The third kappa shape index (κ3) is 4.61. The fraction of sp³-hybridized carbons (Fsp3) is 0.714. The molecule has 2 atom stereocenters. The van der Waals surface area contributed by atoms with Gasteiger partial charge in [0.05, 0.1) is 25.2 Å². The first-order valence-corrected chi connectivity index (χ1v) is 7.03. The molecule has 1 aliphatic rings. The zero-order valence-corrected chi connectivity index (χ0v) is 11.8. The van der Waals surface area contributed by atoms with Crippen molar-refractivity contribution in [1.29, 1.82) is 0 Å².